The normalized spacial score (nSPS) is 11.7. The molecule has 0 bridgehead atoms. The SMILES string of the molecule is COc1cccc(NC(C(=O)c2c(C)sc(C)c2-c2ccccc2)c2ccccc2)c1. The van der Waals surface area contributed by atoms with Gasteiger partial charge in [0.1, 0.15) is 11.8 Å². The van der Waals surface area contributed by atoms with E-state index in [9.17, 15) is 4.79 Å². The lowest BCUT2D eigenvalue weighted by Gasteiger charge is -2.21. The number of aryl methyl sites for hydroxylation is 2. The molecule has 0 radical (unpaired) electrons. The molecule has 0 spiro atoms. The molecule has 156 valence electrons. The van der Waals surface area contributed by atoms with Crippen molar-refractivity contribution in [3.8, 4) is 16.9 Å². The van der Waals surface area contributed by atoms with Crippen molar-refractivity contribution in [3.63, 3.8) is 0 Å². The number of benzene rings is 3. The number of Topliss-reactive ketones (excluding diaryl/α,β-unsaturated/α-hetero) is 1. The van der Waals surface area contributed by atoms with Gasteiger partial charge >= 0.3 is 0 Å². The summed E-state index contributed by atoms with van der Waals surface area (Å²) in [4.78, 5) is 16.2. The molecule has 0 saturated carbocycles. The second-order valence-electron chi connectivity index (χ2n) is 7.41. The van der Waals surface area contributed by atoms with Gasteiger partial charge in [0.2, 0.25) is 0 Å². The molecule has 31 heavy (non-hydrogen) atoms. The third kappa shape index (κ3) is 4.39. The quantitative estimate of drug-likeness (QED) is 0.320. The maximum atomic E-state index is 14.0. The Balaban J connectivity index is 1.80. The van der Waals surface area contributed by atoms with Crippen LogP contribution < -0.4 is 10.1 Å². The highest BCUT2D eigenvalue weighted by Gasteiger charge is 2.28. The van der Waals surface area contributed by atoms with Gasteiger partial charge in [-0.1, -0.05) is 66.7 Å². The number of rotatable bonds is 7. The summed E-state index contributed by atoms with van der Waals surface area (Å²) in [6.45, 7) is 4.12. The summed E-state index contributed by atoms with van der Waals surface area (Å²) in [5.74, 6) is 0.812. The number of thiophene rings is 1. The van der Waals surface area contributed by atoms with Gasteiger partial charge in [-0.05, 0) is 37.1 Å². The van der Waals surface area contributed by atoms with E-state index in [1.807, 2.05) is 79.7 Å². The zero-order valence-electron chi connectivity index (χ0n) is 17.9. The monoisotopic (exact) mass is 427 g/mol. The van der Waals surface area contributed by atoms with Crippen LogP contribution in [0.5, 0.6) is 5.75 Å². The first-order valence-electron chi connectivity index (χ1n) is 10.2. The third-order valence-electron chi connectivity index (χ3n) is 5.35. The van der Waals surface area contributed by atoms with E-state index in [4.69, 9.17) is 4.74 Å². The van der Waals surface area contributed by atoms with E-state index in [1.165, 1.54) is 0 Å². The highest BCUT2D eigenvalue weighted by Crippen LogP contribution is 2.39. The first-order valence-corrected chi connectivity index (χ1v) is 11.1. The molecule has 0 aliphatic heterocycles. The van der Waals surface area contributed by atoms with Crippen LogP contribution in [0.4, 0.5) is 5.69 Å². The molecule has 1 atom stereocenters. The molecule has 3 nitrogen and oxygen atoms in total. The maximum absolute atomic E-state index is 14.0. The van der Waals surface area contributed by atoms with Crippen molar-refractivity contribution >= 4 is 22.8 Å². The first-order chi connectivity index (χ1) is 15.1. The van der Waals surface area contributed by atoms with Crippen molar-refractivity contribution in [2.45, 2.75) is 19.9 Å². The van der Waals surface area contributed by atoms with Gasteiger partial charge in [0.05, 0.1) is 7.11 Å². The molecule has 3 aromatic carbocycles. The Morgan fingerprint density at radius 2 is 1.55 bits per heavy atom. The van der Waals surface area contributed by atoms with Crippen LogP contribution >= 0.6 is 11.3 Å². The molecule has 4 heteroatoms. The molecule has 1 unspecified atom stereocenters. The maximum Gasteiger partial charge on any atom is 0.191 e. The predicted octanol–water partition coefficient (Wildman–Crippen LogP) is 7.08. The molecule has 4 aromatic rings. The van der Waals surface area contributed by atoms with Crippen LogP contribution in [0.25, 0.3) is 11.1 Å². The van der Waals surface area contributed by atoms with Crippen molar-refractivity contribution in [2.75, 3.05) is 12.4 Å². The second kappa shape index (κ2) is 9.19. The lowest BCUT2D eigenvalue weighted by Crippen LogP contribution is -2.22. The van der Waals surface area contributed by atoms with Gasteiger partial charge in [0.25, 0.3) is 0 Å². The zero-order valence-corrected chi connectivity index (χ0v) is 18.7. The van der Waals surface area contributed by atoms with Crippen molar-refractivity contribution < 1.29 is 9.53 Å². The summed E-state index contributed by atoms with van der Waals surface area (Å²) in [6, 6.07) is 27.2. The third-order valence-corrected chi connectivity index (χ3v) is 6.37. The molecule has 1 heterocycles. The summed E-state index contributed by atoms with van der Waals surface area (Å²) in [5.41, 5.74) is 4.66. The van der Waals surface area contributed by atoms with Crippen molar-refractivity contribution in [1.82, 2.24) is 0 Å². The summed E-state index contributed by atoms with van der Waals surface area (Å²) < 4.78 is 5.36. The number of carbonyl (C=O) groups excluding carboxylic acids is 1. The topological polar surface area (TPSA) is 38.3 Å². The van der Waals surface area contributed by atoms with Crippen molar-refractivity contribution in [1.29, 1.82) is 0 Å². The van der Waals surface area contributed by atoms with Crippen molar-refractivity contribution in [3.05, 3.63) is 106 Å². The van der Waals surface area contributed by atoms with Gasteiger partial charge in [0, 0.05) is 32.6 Å². The Morgan fingerprint density at radius 1 is 0.871 bits per heavy atom. The van der Waals surface area contributed by atoms with Crippen molar-refractivity contribution in [2.24, 2.45) is 0 Å². The standard InChI is InChI=1S/C27H25NO2S/c1-18-24(20-11-6-4-7-12-20)25(19(2)31-18)27(29)26(21-13-8-5-9-14-21)28-22-15-10-16-23(17-22)30-3/h4-17,26,28H,1-3H3. The summed E-state index contributed by atoms with van der Waals surface area (Å²) in [6.07, 6.45) is 0. The van der Waals surface area contributed by atoms with E-state index in [0.717, 1.165) is 43.4 Å². The van der Waals surface area contributed by atoms with Gasteiger partial charge in [0.15, 0.2) is 5.78 Å². The van der Waals surface area contributed by atoms with E-state index in [-0.39, 0.29) is 5.78 Å². The second-order valence-corrected chi connectivity index (χ2v) is 8.84. The molecule has 0 saturated heterocycles. The Labute approximate surface area is 187 Å². The van der Waals surface area contributed by atoms with Gasteiger partial charge in [-0.25, -0.2) is 0 Å². The lowest BCUT2D eigenvalue weighted by molar-refractivity contribution is 0.0970. The number of ether oxygens (including phenoxy) is 1. The summed E-state index contributed by atoms with van der Waals surface area (Å²) in [5, 5.41) is 3.46. The molecule has 0 amide bonds. The van der Waals surface area contributed by atoms with E-state index in [2.05, 4.69) is 24.4 Å². The highest BCUT2D eigenvalue weighted by atomic mass is 32.1. The Hall–Kier alpha value is -3.37. The van der Waals surface area contributed by atoms with Crippen LogP contribution in [-0.2, 0) is 0 Å². The lowest BCUT2D eigenvalue weighted by atomic mass is 9.91. The van der Waals surface area contributed by atoms with E-state index in [0.29, 0.717) is 0 Å². The average Bonchev–Trinajstić information content (AvgIpc) is 3.11. The Kier molecular flexibility index (Phi) is 6.19. The molecular weight excluding hydrogens is 402 g/mol. The molecule has 4 rings (SSSR count). The number of hydrogen-bond acceptors (Lipinski definition) is 4. The Morgan fingerprint density at radius 3 is 2.23 bits per heavy atom. The smallest absolute Gasteiger partial charge is 0.191 e. The minimum absolute atomic E-state index is 0.0646. The molecule has 0 aliphatic carbocycles. The first kappa shape index (κ1) is 20.9. The Bertz CT molecular complexity index is 1180. The van der Waals surface area contributed by atoms with Gasteiger partial charge < -0.3 is 10.1 Å². The number of anilines is 1. The van der Waals surface area contributed by atoms with Crippen LogP contribution in [0.3, 0.4) is 0 Å². The molecule has 0 fully saturated rings. The zero-order chi connectivity index (χ0) is 21.8. The number of carbonyl (C=O) groups is 1. The average molecular weight is 428 g/mol. The summed E-state index contributed by atoms with van der Waals surface area (Å²) >= 11 is 1.68. The number of nitrogens with one attached hydrogen (secondary N) is 1. The van der Waals surface area contributed by atoms with Crippen LogP contribution in [0.1, 0.15) is 31.7 Å². The fourth-order valence-electron chi connectivity index (χ4n) is 3.90. The molecule has 1 aromatic heterocycles. The van der Waals surface area contributed by atoms with Crippen LogP contribution in [0, 0.1) is 13.8 Å². The minimum Gasteiger partial charge on any atom is -0.497 e. The van der Waals surface area contributed by atoms with Crippen LogP contribution in [0.15, 0.2) is 84.9 Å². The summed E-state index contributed by atoms with van der Waals surface area (Å²) in [7, 11) is 1.64. The van der Waals surface area contributed by atoms with Gasteiger partial charge in [-0.2, -0.15) is 0 Å². The van der Waals surface area contributed by atoms with Gasteiger partial charge in [-0.15, -0.1) is 11.3 Å². The fraction of sp³-hybridized carbons (Fsp3) is 0.148. The molecular formula is C27H25NO2S. The predicted molar refractivity (Wildman–Crippen MR) is 129 cm³/mol. The van der Waals surface area contributed by atoms with E-state index in [1.54, 1.807) is 18.4 Å². The fourth-order valence-corrected chi connectivity index (χ4v) is 4.99. The highest BCUT2D eigenvalue weighted by molar-refractivity contribution is 7.12. The van der Waals surface area contributed by atoms with Crippen LogP contribution in [0.2, 0.25) is 0 Å². The largest absolute Gasteiger partial charge is 0.497 e. The molecule has 1 N–H and O–H groups in total. The van der Waals surface area contributed by atoms with Crippen LogP contribution in [-0.4, -0.2) is 12.9 Å². The molecule has 0 aliphatic rings. The minimum atomic E-state index is -0.511. The number of hydrogen-bond donors (Lipinski definition) is 1. The number of ketones is 1. The van der Waals surface area contributed by atoms with E-state index >= 15 is 0 Å². The number of methoxy groups -OCH3 is 1. The van der Waals surface area contributed by atoms with E-state index < -0.39 is 6.04 Å². The van der Waals surface area contributed by atoms with Gasteiger partial charge in [-0.3, -0.25) is 4.79 Å².